The highest BCUT2D eigenvalue weighted by atomic mass is 32.1. The van der Waals surface area contributed by atoms with Crippen LogP contribution in [0.2, 0.25) is 0 Å². The molecule has 0 bridgehead atoms. The molecular formula is C57H36N4S. The summed E-state index contributed by atoms with van der Waals surface area (Å²) in [5, 5.41) is 0.693. The topological polar surface area (TPSA) is 43.6 Å². The van der Waals surface area contributed by atoms with Crippen LogP contribution in [-0.2, 0) is 0 Å². The highest BCUT2D eigenvalue weighted by Gasteiger charge is 2.20. The Morgan fingerprint density at radius 3 is 1.79 bits per heavy atom. The summed E-state index contributed by atoms with van der Waals surface area (Å²) in [5.74, 6) is 0.714. The van der Waals surface area contributed by atoms with Gasteiger partial charge in [0.25, 0.3) is 0 Å². The number of aromatic nitrogens is 4. The van der Waals surface area contributed by atoms with E-state index in [0.29, 0.717) is 59.5 Å². The van der Waals surface area contributed by atoms with Gasteiger partial charge in [0.15, 0.2) is 17.5 Å². The van der Waals surface area contributed by atoms with Gasteiger partial charge in [-0.15, -0.1) is 11.3 Å². The molecule has 0 saturated carbocycles. The first-order valence-electron chi connectivity index (χ1n) is 25.9. The maximum absolute atomic E-state index is 9.20. The predicted molar refractivity (Wildman–Crippen MR) is 260 cm³/mol. The number of hydrogen-bond acceptors (Lipinski definition) is 4. The van der Waals surface area contributed by atoms with E-state index in [2.05, 4.69) is 30.3 Å². The standard InChI is InChI=1S/C57H36N4S/c1-2-15-37(16-3-1)40-17-12-18-41(35-40)38-31-33-39(34-32-38)55-58-56(43-20-13-19-42(36-43)44-25-14-26-48-47-23-7-11-30-53(47)62-54(44)48)60-57(59-55)49-24-6-10-29-52(49)61-50-27-8-4-21-45(50)46-22-5-9-28-51(46)61/h1-36H/i4D,5D,7D,8D,14D,21D,22D,23D,26D,27D,28D,30D. The van der Waals surface area contributed by atoms with Crippen LogP contribution >= 0.6 is 11.3 Å². The molecule has 0 unspecified atom stereocenters. The first-order valence-corrected chi connectivity index (χ1v) is 20.7. The third kappa shape index (κ3) is 6.18. The molecule has 0 saturated heterocycles. The lowest BCUT2D eigenvalue weighted by Crippen LogP contribution is -2.03. The lowest BCUT2D eigenvalue weighted by molar-refractivity contribution is 1.06. The van der Waals surface area contributed by atoms with Crippen molar-refractivity contribution in [3.8, 4) is 73.2 Å². The summed E-state index contributed by atoms with van der Waals surface area (Å²) in [7, 11) is 0. The van der Waals surface area contributed by atoms with Crippen LogP contribution in [0.5, 0.6) is 0 Å². The molecule has 0 aliphatic rings. The Hall–Kier alpha value is -7.99. The lowest BCUT2D eigenvalue weighted by Gasteiger charge is -2.15. The van der Waals surface area contributed by atoms with Crippen molar-refractivity contribution in [2.75, 3.05) is 0 Å². The van der Waals surface area contributed by atoms with E-state index < -0.39 is 18.1 Å². The number of nitrogens with zero attached hydrogens (tertiary/aromatic N) is 4. The Morgan fingerprint density at radius 1 is 0.371 bits per heavy atom. The van der Waals surface area contributed by atoms with Gasteiger partial charge in [0.2, 0.25) is 0 Å². The molecule has 0 amide bonds. The zero-order chi connectivity index (χ0) is 51.4. The summed E-state index contributed by atoms with van der Waals surface area (Å²) < 4.78 is 108. The molecule has 12 aromatic rings. The Morgan fingerprint density at radius 2 is 0.952 bits per heavy atom. The van der Waals surface area contributed by atoms with E-state index in [1.54, 1.807) is 34.9 Å². The molecule has 3 heterocycles. The molecule has 12 rings (SSSR count). The third-order valence-electron chi connectivity index (χ3n) is 11.0. The number of rotatable bonds is 7. The molecule has 4 nitrogen and oxygen atoms in total. The minimum atomic E-state index is -0.507. The molecule has 0 spiro atoms. The molecule has 290 valence electrons. The summed E-state index contributed by atoms with van der Waals surface area (Å²) >= 11 is 1.24. The molecule has 0 radical (unpaired) electrons. The minimum absolute atomic E-state index is 0.0108. The number of fused-ring (bicyclic) bond motifs is 6. The van der Waals surface area contributed by atoms with Crippen LogP contribution in [0.25, 0.3) is 115 Å². The molecule has 0 aliphatic carbocycles. The number of hydrogen-bond donors (Lipinski definition) is 0. The first-order chi connectivity index (χ1) is 35.7. The Labute approximate surface area is 379 Å². The van der Waals surface area contributed by atoms with Gasteiger partial charge in [-0.3, -0.25) is 0 Å². The van der Waals surface area contributed by atoms with E-state index in [-0.39, 0.29) is 87.8 Å². The fourth-order valence-corrected chi connectivity index (χ4v) is 9.22. The van der Waals surface area contributed by atoms with Crippen molar-refractivity contribution in [3.05, 3.63) is 218 Å². The van der Waals surface area contributed by atoms with Crippen LogP contribution in [0.1, 0.15) is 16.4 Å². The van der Waals surface area contributed by atoms with Crippen molar-refractivity contribution >= 4 is 53.3 Å². The first kappa shape index (κ1) is 25.6. The summed E-state index contributed by atoms with van der Waals surface area (Å²) in [5.41, 5.74) is 7.44. The third-order valence-corrected chi connectivity index (χ3v) is 12.2. The van der Waals surface area contributed by atoms with E-state index in [1.807, 2.05) is 72.8 Å². The highest BCUT2D eigenvalue weighted by Crippen LogP contribution is 2.41. The minimum Gasteiger partial charge on any atom is -0.309 e. The van der Waals surface area contributed by atoms with Crippen molar-refractivity contribution in [3.63, 3.8) is 0 Å². The fraction of sp³-hybridized carbons (Fsp3) is 0. The maximum Gasteiger partial charge on any atom is 0.166 e. The normalized spacial score (nSPS) is 14.3. The van der Waals surface area contributed by atoms with Gasteiger partial charge in [-0.05, 0) is 75.8 Å². The van der Waals surface area contributed by atoms with Crippen LogP contribution < -0.4 is 0 Å². The summed E-state index contributed by atoms with van der Waals surface area (Å²) in [4.78, 5) is 15.3. The average molecular weight is 821 g/mol. The lowest BCUT2D eigenvalue weighted by atomic mass is 9.98. The van der Waals surface area contributed by atoms with Gasteiger partial charge in [0.1, 0.15) is 0 Å². The van der Waals surface area contributed by atoms with Gasteiger partial charge in [-0.2, -0.15) is 0 Å². The van der Waals surface area contributed by atoms with Crippen molar-refractivity contribution in [2.45, 2.75) is 0 Å². The largest absolute Gasteiger partial charge is 0.309 e. The molecule has 62 heavy (non-hydrogen) atoms. The van der Waals surface area contributed by atoms with E-state index in [4.69, 9.17) is 28.7 Å². The molecule has 0 aliphatic heterocycles. The van der Waals surface area contributed by atoms with Crippen LogP contribution in [0.3, 0.4) is 0 Å². The van der Waals surface area contributed by atoms with Crippen LogP contribution in [0, 0.1) is 0 Å². The second kappa shape index (κ2) is 14.9. The van der Waals surface area contributed by atoms with Crippen molar-refractivity contribution in [2.24, 2.45) is 0 Å². The Kier molecular flexibility index (Phi) is 6.16. The van der Waals surface area contributed by atoms with E-state index in [9.17, 15) is 2.74 Å². The Bertz CT molecular complexity index is 4350. The van der Waals surface area contributed by atoms with Crippen molar-refractivity contribution in [1.29, 1.82) is 0 Å². The average Bonchev–Trinajstić information content (AvgIpc) is 4.03. The molecule has 0 atom stereocenters. The summed E-state index contributed by atoms with van der Waals surface area (Å²) in [6.07, 6.45) is 0. The van der Waals surface area contributed by atoms with Gasteiger partial charge in [0, 0.05) is 47.6 Å². The zero-order valence-corrected chi connectivity index (χ0v) is 33.4. The van der Waals surface area contributed by atoms with Gasteiger partial charge in [-0.25, -0.2) is 15.0 Å². The SMILES string of the molecule is [2H]c1cc([2H])c2sc3c(-c4cccc(-c5nc(-c6ccc(-c7cccc(-c8ccccc8)c7)cc6)nc(-c6ccccc6-n6c7c([2H])cc([2H])c([2H])c7c7c([2H])c([2H])c([2H])c([2H])c76)n5)c4)cc([2H])c([2H])c3c2c1[2H]. The molecule has 3 aromatic heterocycles. The molecule has 5 heteroatoms. The maximum atomic E-state index is 9.20. The highest BCUT2D eigenvalue weighted by molar-refractivity contribution is 7.26. The molecule has 0 N–H and O–H groups in total. The fourth-order valence-electron chi connectivity index (χ4n) is 8.10. The van der Waals surface area contributed by atoms with E-state index in [0.717, 1.165) is 22.3 Å². The number of thiophene rings is 1. The molecular weight excluding hydrogens is 773 g/mol. The van der Waals surface area contributed by atoms with Gasteiger partial charge in [-0.1, -0.05) is 176 Å². The smallest absolute Gasteiger partial charge is 0.166 e. The van der Waals surface area contributed by atoms with Gasteiger partial charge >= 0.3 is 0 Å². The Balaban J connectivity index is 1.08. The quantitative estimate of drug-likeness (QED) is 0.161. The van der Waals surface area contributed by atoms with E-state index >= 15 is 0 Å². The second-order valence-corrected chi connectivity index (χ2v) is 15.7. The zero-order valence-electron chi connectivity index (χ0n) is 44.6. The van der Waals surface area contributed by atoms with Crippen LogP contribution in [0.15, 0.2) is 218 Å². The predicted octanol–water partition coefficient (Wildman–Crippen LogP) is 15.3. The number of benzene rings is 9. The molecule has 0 fully saturated rings. The second-order valence-electron chi connectivity index (χ2n) is 14.7. The monoisotopic (exact) mass is 820 g/mol. The van der Waals surface area contributed by atoms with E-state index in [1.165, 1.54) is 23.5 Å². The van der Waals surface area contributed by atoms with Crippen molar-refractivity contribution < 1.29 is 16.4 Å². The summed E-state index contributed by atoms with van der Waals surface area (Å²) in [6.45, 7) is 0. The van der Waals surface area contributed by atoms with Crippen LogP contribution in [0.4, 0.5) is 0 Å². The molecule has 9 aromatic carbocycles. The van der Waals surface area contributed by atoms with Gasteiger partial charge in [0.05, 0.1) is 33.2 Å². The summed E-state index contributed by atoms with van der Waals surface area (Å²) in [6, 6.07) is 42.0. The van der Waals surface area contributed by atoms with Crippen molar-refractivity contribution in [1.82, 2.24) is 19.5 Å². The van der Waals surface area contributed by atoms with Crippen LogP contribution in [-0.4, -0.2) is 19.5 Å². The number of para-hydroxylation sites is 3. The van der Waals surface area contributed by atoms with Gasteiger partial charge < -0.3 is 4.57 Å².